The van der Waals surface area contributed by atoms with Crippen molar-refractivity contribution in [3.05, 3.63) is 92.8 Å². The van der Waals surface area contributed by atoms with E-state index in [2.05, 4.69) is 6.07 Å². The number of nitrogens with two attached hydrogens (primary N) is 1. The molecule has 0 saturated carbocycles. The van der Waals surface area contributed by atoms with Crippen LogP contribution in [-0.4, -0.2) is 6.79 Å². The van der Waals surface area contributed by atoms with Crippen LogP contribution in [-0.2, 0) is 6.61 Å². The van der Waals surface area contributed by atoms with Crippen molar-refractivity contribution in [3.63, 3.8) is 0 Å². The first-order valence-corrected chi connectivity index (χ1v) is 10.5. The summed E-state index contributed by atoms with van der Waals surface area (Å²) in [5, 5.41) is 10.9. The number of hydrogen-bond acceptors (Lipinski definition) is 6. The van der Waals surface area contributed by atoms with E-state index in [0.717, 1.165) is 16.7 Å². The lowest BCUT2D eigenvalue weighted by Crippen LogP contribution is -2.21. The van der Waals surface area contributed by atoms with Crippen molar-refractivity contribution in [1.82, 2.24) is 0 Å². The molecule has 0 fully saturated rings. The number of nitriles is 1. The molecule has 160 valence electrons. The Hall–Kier alpha value is -3.53. The van der Waals surface area contributed by atoms with E-state index in [-0.39, 0.29) is 12.7 Å². The van der Waals surface area contributed by atoms with E-state index in [1.54, 1.807) is 30.3 Å². The van der Waals surface area contributed by atoms with Gasteiger partial charge in [-0.3, -0.25) is 0 Å². The van der Waals surface area contributed by atoms with Crippen molar-refractivity contribution in [2.45, 2.75) is 12.5 Å². The molecule has 2 N–H and O–H groups in total. The lowest BCUT2D eigenvalue weighted by molar-refractivity contribution is 0.174. The van der Waals surface area contributed by atoms with Gasteiger partial charge in [0.05, 0.1) is 10.9 Å². The zero-order valence-electron chi connectivity index (χ0n) is 16.6. The fraction of sp³-hybridized carbons (Fsp3) is 0.125. The van der Waals surface area contributed by atoms with Gasteiger partial charge < -0.3 is 24.7 Å². The zero-order valence-corrected chi connectivity index (χ0v) is 18.1. The van der Waals surface area contributed by atoms with Crippen molar-refractivity contribution in [3.8, 4) is 29.1 Å². The maximum Gasteiger partial charge on any atom is 0.231 e. The van der Waals surface area contributed by atoms with Crippen LogP contribution in [0.5, 0.6) is 23.0 Å². The molecule has 1 atom stereocenters. The molecule has 2 aliphatic rings. The highest BCUT2D eigenvalue weighted by atomic mass is 35.5. The highest BCUT2D eigenvalue weighted by Gasteiger charge is 2.33. The zero-order chi connectivity index (χ0) is 22.2. The predicted octanol–water partition coefficient (Wildman–Crippen LogP) is 5.52. The molecule has 0 saturated heterocycles. The molecule has 0 bridgehead atoms. The van der Waals surface area contributed by atoms with Gasteiger partial charge in [0.1, 0.15) is 29.7 Å². The van der Waals surface area contributed by atoms with Gasteiger partial charge in [0, 0.05) is 16.7 Å². The normalized spacial score (nSPS) is 16.2. The highest BCUT2D eigenvalue weighted by Crippen LogP contribution is 2.48. The number of hydrogen-bond donors (Lipinski definition) is 1. The third-order valence-corrected chi connectivity index (χ3v) is 5.85. The van der Waals surface area contributed by atoms with Crippen molar-refractivity contribution in [2.24, 2.45) is 5.73 Å². The van der Waals surface area contributed by atoms with Crippen LogP contribution in [0.4, 0.5) is 0 Å². The van der Waals surface area contributed by atoms with E-state index >= 15 is 0 Å². The Morgan fingerprint density at radius 3 is 2.47 bits per heavy atom. The quantitative estimate of drug-likeness (QED) is 0.544. The molecule has 0 amide bonds. The minimum absolute atomic E-state index is 0.0445. The van der Waals surface area contributed by atoms with Gasteiger partial charge in [-0.1, -0.05) is 41.4 Å². The van der Waals surface area contributed by atoms with Crippen molar-refractivity contribution < 1.29 is 18.9 Å². The first-order chi connectivity index (χ1) is 15.5. The summed E-state index contributed by atoms with van der Waals surface area (Å²) in [7, 11) is 0. The second kappa shape index (κ2) is 8.19. The van der Waals surface area contributed by atoms with Crippen LogP contribution in [0.15, 0.2) is 66.1 Å². The fourth-order valence-electron chi connectivity index (χ4n) is 3.75. The summed E-state index contributed by atoms with van der Waals surface area (Å²) < 4.78 is 22.5. The molecule has 2 aliphatic heterocycles. The topological polar surface area (TPSA) is 86.7 Å². The number of rotatable bonds is 4. The summed E-state index contributed by atoms with van der Waals surface area (Å²) in [4.78, 5) is 0. The molecule has 0 aromatic heterocycles. The van der Waals surface area contributed by atoms with Crippen LogP contribution in [0.2, 0.25) is 10.0 Å². The van der Waals surface area contributed by atoms with E-state index in [0.29, 0.717) is 45.2 Å². The van der Waals surface area contributed by atoms with E-state index in [1.807, 2.05) is 24.3 Å². The maximum atomic E-state index is 9.77. The minimum atomic E-state index is -0.471. The molecule has 3 aromatic carbocycles. The van der Waals surface area contributed by atoms with Gasteiger partial charge in [-0.25, -0.2) is 0 Å². The molecule has 0 aliphatic carbocycles. The maximum absolute atomic E-state index is 9.77. The summed E-state index contributed by atoms with van der Waals surface area (Å²) in [6.07, 6.45) is 0. The number of ether oxygens (including phenoxy) is 4. The molecular weight excluding hydrogens is 451 g/mol. The average Bonchev–Trinajstić information content (AvgIpc) is 3.24. The van der Waals surface area contributed by atoms with Gasteiger partial charge in [0.2, 0.25) is 12.7 Å². The molecule has 0 radical (unpaired) electrons. The standard InChI is InChI=1S/C24H16Cl2N2O4/c25-15-4-1-13(2-5-15)11-29-19-6-3-14(7-18(19)26)23-16-8-21-22(31-12-30-21)9-20(16)32-24(28)17(23)10-27/h1-9,23H,11-12,28H2/t23-/m0/s1. The third kappa shape index (κ3) is 3.66. The van der Waals surface area contributed by atoms with Crippen LogP contribution in [0, 0.1) is 11.3 Å². The van der Waals surface area contributed by atoms with Crippen molar-refractivity contribution in [2.75, 3.05) is 6.79 Å². The van der Waals surface area contributed by atoms with Gasteiger partial charge in [-0.2, -0.15) is 5.26 Å². The second-order valence-electron chi connectivity index (χ2n) is 7.27. The largest absolute Gasteiger partial charge is 0.487 e. The molecule has 3 aromatic rings. The SMILES string of the molecule is N#CC1=C(N)Oc2cc3c(cc2[C@@H]1c1ccc(OCc2ccc(Cl)cc2)c(Cl)c1)OCO3. The molecular formula is C24H16Cl2N2O4. The van der Waals surface area contributed by atoms with Crippen molar-refractivity contribution >= 4 is 23.2 Å². The Kier molecular flexibility index (Phi) is 5.22. The average molecular weight is 467 g/mol. The number of benzene rings is 3. The molecule has 6 nitrogen and oxygen atoms in total. The Balaban J connectivity index is 1.48. The van der Waals surface area contributed by atoms with Crippen LogP contribution in [0.25, 0.3) is 0 Å². The molecule has 0 unspecified atom stereocenters. The molecule has 8 heteroatoms. The minimum Gasteiger partial charge on any atom is -0.487 e. The summed E-state index contributed by atoms with van der Waals surface area (Å²) in [5.74, 6) is 1.77. The summed E-state index contributed by atoms with van der Waals surface area (Å²) >= 11 is 12.5. The number of nitrogens with zero attached hydrogens (tertiary/aromatic N) is 1. The summed E-state index contributed by atoms with van der Waals surface area (Å²) in [6, 6.07) is 18.5. The van der Waals surface area contributed by atoms with E-state index in [1.165, 1.54) is 0 Å². The van der Waals surface area contributed by atoms with Gasteiger partial charge >= 0.3 is 0 Å². The predicted molar refractivity (Wildman–Crippen MR) is 119 cm³/mol. The number of allylic oxidation sites excluding steroid dienone is 1. The highest BCUT2D eigenvalue weighted by molar-refractivity contribution is 6.32. The molecule has 32 heavy (non-hydrogen) atoms. The van der Waals surface area contributed by atoms with Gasteiger partial charge in [-0.05, 0) is 41.5 Å². The second-order valence-corrected chi connectivity index (χ2v) is 8.12. The first-order valence-electron chi connectivity index (χ1n) is 9.71. The molecule has 2 heterocycles. The van der Waals surface area contributed by atoms with Gasteiger partial charge in [0.15, 0.2) is 11.5 Å². The first kappa shape index (κ1) is 20.4. The lowest BCUT2D eigenvalue weighted by Gasteiger charge is -2.27. The Morgan fingerprint density at radius 1 is 1.00 bits per heavy atom. The van der Waals surface area contributed by atoms with E-state index in [9.17, 15) is 5.26 Å². The lowest BCUT2D eigenvalue weighted by atomic mass is 9.83. The van der Waals surface area contributed by atoms with Crippen LogP contribution >= 0.6 is 23.2 Å². The Labute approximate surface area is 194 Å². The van der Waals surface area contributed by atoms with Gasteiger partial charge in [-0.15, -0.1) is 0 Å². The van der Waals surface area contributed by atoms with Crippen LogP contribution in [0.1, 0.15) is 22.6 Å². The fourth-order valence-corrected chi connectivity index (χ4v) is 4.12. The number of fused-ring (bicyclic) bond motifs is 2. The molecule has 0 spiro atoms. The monoisotopic (exact) mass is 466 g/mol. The van der Waals surface area contributed by atoms with E-state index < -0.39 is 5.92 Å². The Bertz CT molecular complexity index is 1280. The Morgan fingerprint density at radius 2 is 1.75 bits per heavy atom. The summed E-state index contributed by atoms with van der Waals surface area (Å²) in [5.41, 5.74) is 8.84. The van der Waals surface area contributed by atoms with Crippen LogP contribution in [0.3, 0.4) is 0 Å². The van der Waals surface area contributed by atoms with Crippen LogP contribution < -0.4 is 24.7 Å². The third-order valence-electron chi connectivity index (χ3n) is 5.31. The van der Waals surface area contributed by atoms with Gasteiger partial charge in [0.25, 0.3) is 0 Å². The number of halogens is 2. The van der Waals surface area contributed by atoms with E-state index in [4.69, 9.17) is 47.9 Å². The summed E-state index contributed by atoms with van der Waals surface area (Å²) in [6.45, 7) is 0.471. The van der Waals surface area contributed by atoms with Crippen molar-refractivity contribution in [1.29, 1.82) is 5.26 Å². The smallest absolute Gasteiger partial charge is 0.231 e. The molecule has 5 rings (SSSR count).